The number of terminal acetylenes is 1. The summed E-state index contributed by atoms with van der Waals surface area (Å²) in [5.74, 6) is 4.07. The Hall–Kier alpha value is -1.22. The Morgan fingerprint density at radius 3 is 1.90 bits per heavy atom. The highest BCUT2D eigenvalue weighted by Gasteiger charge is 2.06. The lowest BCUT2D eigenvalue weighted by Crippen LogP contribution is -2.02. The highest BCUT2D eigenvalue weighted by atomic mass is 14.1. The van der Waals surface area contributed by atoms with Gasteiger partial charge in [-0.3, -0.25) is 0 Å². The van der Waals surface area contributed by atoms with Crippen LogP contribution in [0.25, 0.3) is 0 Å². The van der Waals surface area contributed by atoms with E-state index < -0.39 is 0 Å². The van der Waals surface area contributed by atoms with Crippen LogP contribution in [0.2, 0.25) is 0 Å². The van der Waals surface area contributed by atoms with Crippen molar-refractivity contribution in [3.8, 4) is 12.3 Å². The average molecular weight is 274 g/mol. The van der Waals surface area contributed by atoms with E-state index in [2.05, 4.69) is 66.2 Å². The van der Waals surface area contributed by atoms with E-state index in [-0.39, 0.29) is 0 Å². The van der Waals surface area contributed by atoms with Gasteiger partial charge in [-0.2, -0.15) is 0 Å². The Labute approximate surface area is 128 Å². The van der Waals surface area contributed by atoms with Gasteiger partial charge < -0.3 is 0 Å². The zero-order chi connectivity index (χ0) is 16.1. The largest absolute Gasteiger partial charge is 0.120 e. The van der Waals surface area contributed by atoms with E-state index in [1.165, 1.54) is 30.4 Å². The van der Waals surface area contributed by atoms with Crippen molar-refractivity contribution in [3.63, 3.8) is 0 Å². The van der Waals surface area contributed by atoms with E-state index in [1.807, 2.05) is 6.92 Å². The summed E-state index contributed by atoms with van der Waals surface area (Å²) in [5.41, 5.74) is 3.71. The lowest BCUT2D eigenvalue weighted by molar-refractivity contribution is 0.415. The fraction of sp³-hybridized carbons (Fsp3) is 0.600. The maximum absolute atomic E-state index is 5.28. The van der Waals surface area contributed by atoms with E-state index in [9.17, 15) is 0 Å². The van der Waals surface area contributed by atoms with E-state index in [4.69, 9.17) is 6.42 Å². The first-order valence-electron chi connectivity index (χ1n) is 7.72. The molecule has 0 aromatic carbocycles. The quantitative estimate of drug-likeness (QED) is 0.380. The molecule has 20 heavy (non-hydrogen) atoms. The van der Waals surface area contributed by atoms with E-state index in [0.717, 1.165) is 11.5 Å². The summed E-state index contributed by atoms with van der Waals surface area (Å²) >= 11 is 0. The van der Waals surface area contributed by atoms with Gasteiger partial charge in [0, 0.05) is 5.92 Å². The molecule has 0 aromatic rings. The van der Waals surface area contributed by atoms with Gasteiger partial charge in [-0.05, 0) is 45.6 Å². The van der Waals surface area contributed by atoms with Crippen molar-refractivity contribution in [2.24, 2.45) is 11.8 Å². The van der Waals surface area contributed by atoms with Crippen LogP contribution >= 0.6 is 0 Å². The van der Waals surface area contributed by atoms with Gasteiger partial charge in [0.05, 0.1) is 0 Å². The molecule has 1 atom stereocenters. The Morgan fingerprint density at radius 1 is 1.10 bits per heavy atom. The second kappa shape index (κ2) is 12.8. The van der Waals surface area contributed by atoms with Crippen molar-refractivity contribution in [2.75, 3.05) is 0 Å². The lowest BCUT2D eigenvalue weighted by Gasteiger charge is -2.13. The van der Waals surface area contributed by atoms with Gasteiger partial charge in [-0.25, -0.2) is 0 Å². The summed E-state index contributed by atoms with van der Waals surface area (Å²) in [6.45, 7) is 18.7. The van der Waals surface area contributed by atoms with E-state index >= 15 is 0 Å². The molecule has 0 radical (unpaired) electrons. The monoisotopic (exact) mass is 274 g/mol. The Kier molecular flexibility index (Phi) is 13.5. The van der Waals surface area contributed by atoms with Crippen LogP contribution in [0, 0.1) is 24.2 Å². The minimum atomic E-state index is 0.463. The molecule has 0 aromatic heterocycles. The van der Waals surface area contributed by atoms with Crippen LogP contribution in [-0.4, -0.2) is 0 Å². The number of hydrogen-bond acceptors (Lipinski definition) is 0. The maximum atomic E-state index is 5.28. The molecule has 0 heterocycles. The van der Waals surface area contributed by atoms with Gasteiger partial charge in [0.1, 0.15) is 0 Å². The molecule has 0 saturated carbocycles. The van der Waals surface area contributed by atoms with Gasteiger partial charge in [-0.15, -0.1) is 12.3 Å². The SMILES string of the molecule is C#CC(C)CC(CC)CC.C=C(C)/C(C)=C\C=C(C)C. The van der Waals surface area contributed by atoms with E-state index in [0.29, 0.717) is 5.92 Å². The second-order valence-corrected chi connectivity index (χ2v) is 5.86. The van der Waals surface area contributed by atoms with Crippen LogP contribution in [0.3, 0.4) is 0 Å². The number of rotatable bonds is 6. The third-order valence-electron chi connectivity index (χ3n) is 3.47. The second-order valence-electron chi connectivity index (χ2n) is 5.86. The highest BCUT2D eigenvalue weighted by Crippen LogP contribution is 2.17. The molecule has 0 saturated heterocycles. The molecule has 0 bridgehead atoms. The summed E-state index contributed by atoms with van der Waals surface area (Å²) in [6.07, 6.45) is 13.2. The van der Waals surface area contributed by atoms with Crippen LogP contribution in [0.5, 0.6) is 0 Å². The molecule has 0 aliphatic heterocycles. The van der Waals surface area contributed by atoms with Gasteiger partial charge in [-0.1, -0.05) is 63.5 Å². The zero-order valence-corrected chi connectivity index (χ0v) is 14.7. The Bertz CT molecular complexity index is 352. The normalized spacial score (nSPS) is 12.1. The van der Waals surface area contributed by atoms with Crippen LogP contribution in [0.4, 0.5) is 0 Å². The minimum absolute atomic E-state index is 0.463. The molecule has 0 aliphatic carbocycles. The third kappa shape index (κ3) is 13.2. The van der Waals surface area contributed by atoms with Crippen LogP contribution in [0.15, 0.2) is 35.5 Å². The smallest absolute Gasteiger partial charge is 0.0174 e. The molecule has 0 amide bonds. The zero-order valence-electron chi connectivity index (χ0n) is 14.7. The molecule has 0 heteroatoms. The first kappa shape index (κ1) is 21.1. The summed E-state index contributed by atoms with van der Waals surface area (Å²) in [5, 5.41) is 0. The maximum Gasteiger partial charge on any atom is 0.0174 e. The molecule has 0 fully saturated rings. The molecule has 0 N–H and O–H groups in total. The van der Waals surface area contributed by atoms with Crippen LogP contribution < -0.4 is 0 Å². The van der Waals surface area contributed by atoms with Gasteiger partial charge >= 0.3 is 0 Å². The minimum Gasteiger partial charge on any atom is -0.120 e. The van der Waals surface area contributed by atoms with E-state index in [1.54, 1.807) is 0 Å². The molecular weight excluding hydrogens is 240 g/mol. The predicted octanol–water partition coefficient (Wildman–Crippen LogP) is 6.56. The summed E-state index contributed by atoms with van der Waals surface area (Å²) in [6, 6.07) is 0. The van der Waals surface area contributed by atoms with Crippen molar-refractivity contribution >= 4 is 0 Å². The number of allylic oxidation sites excluding steroid dienone is 5. The van der Waals surface area contributed by atoms with Crippen LogP contribution in [-0.2, 0) is 0 Å². The molecule has 114 valence electrons. The Morgan fingerprint density at radius 2 is 1.60 bits per heavy atom. The summed E-state index contributed by atoms with van der Waals surface area (Å²) in [7, 11) is 0. The molecule has 0 nitrogen and oxygen atoms in total. The van der Waals surface area contributed by atoms with Gasteiger partial charge in [0.25, 0.3) is 0 Å². The summed E-state index contributed by atoms with van der Waals surface area (Å²) < 4.78 is 0. The Balaban J connectivity index is 0. The summed E-state index contributed by atoms with van der Waals surface area (Å²) in [4.78, 5) is 0. The van der Waals surface area contributed by atoms with Crippen molar-refractivity contribution in [3.05, 3.63) is 35.5 Å². The van der Waals surface area contributed by atoms with Crippen molar-refractivity contribution in [1.29, 1.82) is 0 Å². The van der Waals surface area contributed by atoms with Crippen molar-refractivity contribution < 1.29 is 0 Å². The first-order chi connectivity index (χ1) is 9.28. The average Bonchev–Trinajstić information content (AvgIpc) is 2.42. The van der Waals surface area contributed by atoms with Crippen molar-refractivity contribution in [1.82, 2.24) is 0 Å². The molecular formula is C20H34. The lowest BCUT2D eigenvalue weighted by atomic mass is 9.92. The topological polar surface area (TPSA) is 0 Å². The van der Waals surface area contributed by atoms with Crippen molar-refractivity contribution in [2.45, 2.75) is 67.7 Å². The van der Waals surface area contributed by atoms with Gasteiger partial charge in [0.2, 0.25) is 0 Å². The fourth-order valence-corrected chi connectivity index (χ4v) is 1.62. The third-order valence-corrected chi connectivity index (χ3v) is 3.47. The highest BCUT2D eigenvalue weighted by molar-refractivity contribution is 5.28. The van der Waals surface area contributed by atoms with Gasteiger partial charge in [0.15, 0.2) is 0 Å². The standard InChI is InChI=1S/C10H16.C10H18/c1-8(2)6-7-10(5)9(3)4;1-5-9(4)8-10(6-2)7-3/h6-7H,3H2,1-2,4-5H3;1,9-10H,6-8H2,2-4H3/b10-7-;. The van der Waals surface area contributed by atoms with Crippen LogP contribution in [0.1, 0.15) is 67.7 Å². The molecule has 0 aliphatic rings. The first-order valence-corrected chi connectivity index (χ1v) is 7.72. The predicted molar refractivity (Wildman–Crippen MR) is 94.7 cm³/mol. The number of hydrogen-bond donors (Lipinski definition) is 0. The molecule has 0 rings (SSSR count). The molecule has 0 spiro atoms. The fourth-order valence-electron chi connectivity index (χ4n) is 1.62. The molecule has 1 unspecified atom stereocenters.